The second-order valence-corrected chi connectivity index (χ2v) is 4.00. The van der Waals surface area contributed by atoms with Crippen LogP contribution in [0.3, 0.4) is 0 Å². The number of aliphatic hydroxyl groups excluding tert-OH is 2. The lowest BCUT2D eigenvalue weighted by Crippen LogP contribution is -2.22. The summed E-state index contributed by atoms with van der Waals surface area (Å²) in [5, 5.41) is 18.8. The van der Waals surface area contributed by atoms with Crippen LogP contribution in [0.15, 0.2) is 12.5 Å². The van der Waals surface area contributed by atoms with E-state index in [1.54, 1.807) is 6.33 Å². The van der Waals surface area contributed by atoms with Gasteiger partial charge in [0.25, 0.3) is 0 Å². The fourth-order valence-electron chi connectivity index (χ4n) is 1.97. The van der Waals surface area contributed by atoms with Crippen LogP contribution in [0.1, 0.15) is 12.6 Å². The van der Waals surface area contributed by atoms with Crippen LogP contribution < -0.4 is 0 Å². The van der Waals surface area contributed by atoms with Crippen LogP contribution in [0.25, 0.3) is 0 Å². The number of aryl methyl sites for hydroxylation is 1. The van der Waals surface area contributed by atoms with Gasteiger partial charge in [-0.3, -0.25) is 4.90 Å². The molecule has 2 N–H and O–H groups in total. The molecular formula is C10H17N3O2. The molecule has 2 rings (SSSR count). The third-order valence-electron chi connectivity index (χ3n) is 2.86. The second kappa shape index (κ2) is 4.30. The second-order valence-electron chi connectivity index (χ2n) is 4.00. The summed E-state index contributed by atoms with van der Waals surface area (Å²) in [4.78, 5) is 6.12. The van der Waals surface area contributed by atoms with Crippen molar-refractivity contribution in [2.24, 2.45) is 0 Å². The van der Waals surface area contributed by atoms with Gasteiger partial charge < -0.3 is 14.8 Å². The van der Waals surface area contributed by atoms with Crippen molar-refractivity contribution in [3.63, 3.8) is 0 Å². The SMILES string of the molecule is CCn1cncc1CN1CC(O)C(O)C1. The molecule has 5 heteroatoms. The molecule has 2 heterocycles. The number of likely N-dealkylation sites (tertiary alicyclic amines) is 1. The minimum Gasteiger partial charge on any atom is -0.389 e. The van der Waals surface area contributed by atoms with Gasteiger partial charge in [0.1, 0.15) is 0 Å². The van der Waals surface area contributed by atoms with Crippen molar-refractivity contribution in [2.75, 3.05) is 13.1 Å². The first-order valence-corrected chi connectivity index (χ1v) is 5.28. The minimum absolute atomic E-state index is 0.538. The molecule has 2 unspecified atom stereocenters. The van der Waals surface area contributed by atoms with Crippen LogP contribution >= 0.6 is 0 Å². The summed E-state index contributed by atoms with van der Waals surface area (Å²) in [7, 11) is 0. The van der Waals surface area contributed by atoms with E-state index in [0.29, 0.717) is 13.1 Å². The highest BCUT2D eigenvalue weighted by Gasteiger charge is 2.29. The molecule has 0 aromatic carbocycles. The van der Waals surface area contributed by atoms with Crippen LogP contribution in [0, 0.1) is 0 Å². The quantitative estimate of drug-likeness (QED) is 0.703. The number of hydrogen-bond donors (Lipinski definition) is 2. The number of hydrogen-bond acceptors (Lipinski definition) is 4. The molecule has 0 bridgehead atoms. The molecule has 0 saturated carbocycles. The first-order valence-electron chi connectivity index (χ1n) is 5.28. The van der Waals surface area contributed by atoms with E-state index in [1.807, 2.05) is 11.1 Å². The lowest BCUT2D eigenvalue weighted by molar-refractivity contribution is 0.0572. The van der Waals surface area contributed by atoms with Crippen molar-refractivity contribution in [3.05, 3.63) is 18.2 Å². The number of aliphatic hydroxyl groups is 2. The zero-order chi connectivity index (χ0) is 10.8. The van der Waals surface area contributed by atoms with E-state index in [9.17, 15) is 10.2 Å². The summed E-state index contributed by atoms with van der Waals surface area (Å²) in [6.45, 7) is 4.78. The lowest BCUT2D eigenvalue weighted by Gasteiger charge is -2.15. The standard InChI is InChI=1S/C10H17N3O2/c1-2-13-7-11-3-8(13)4-12-5-9(14)10(15)6-12/h3,7,9-10,14-15H,2,4-6H2,1H3. The van der Waals surface area contributed by atoms with Crippen molar-refractivity contribution in [1.29, 1.82) is 0 Å². The fraction of sp³-hybridized carbons (Fsp3) is 0.700. The number of β-amino-alcohol motifs (C(OH)–C–C–N with tert-alkyl or cyclic N) is 2. The maximum atomic E-state index is 9.41. The van der Waals surface area contributed by atoms with Crippen LogP contribution in [0.5, 0.6) is 0 Å². The highest BCUT2D eigenvalue weighted by atomic mass is 16.3. The highest BCUT2D eigenvalue weighted by Crippen LogP contribution is 2.13. The Balaban J connectivity index is 1.98. The van der Waals surface area contributed by atoms with Gasteiger partial charge in [0.2, 0.25) is 0 Å². The number of aromatic nitrogens is 2. The highest BCUT2D eigenvalue weighted by molar-refractivity contribution is 4.99. The van der Waals surface area contributed by atoms with Gasteiger partial charge in [0.05, 0.1) is 24.2 Å². The average molecular weight is 211 g/mol. The molecule has 1 aliphatic heterocycles. The first-order chi connectivity index (χ1) is 7.20. The van der Waals surface area contributed by atoms with Gasteiger partial charge in [-0.15, -0.1) is 0 Å². The van der Waals surface area contributed by atoms with Crippen LogP contribution in [-0.2, 0) is 13.1 Å². The van der Waals surface area contributed by atoms with Crippen LogP contribution in [0.4, 0.5) is 0 Å². The van der Waals surface area contributed by atoms with E-state index < -0.39 is 12.2 Å². The molecule has 15 heavy (non-hydrogen) atoms. The smallest absolute Gasteiger partial charge is 0.0948 e. The van der Waals surface area contributed by atoms with Gasteiger partial charge in [-0.25, -0.2) is 4.98 Å². The molecule has 0 aliphatic carbocycles. The molecule has 2 atom stereocenters. The summed E-state index contributed by atoms with van der Waals surface area (Å²) in [5.41, 5.74) is 1.12. The van der Waals surface area contributed by atoms with Gasteiger partial charge in [-0.05, 0) is 6.92 Å². The summed E-state index contributed by atoms with van der Waals surface area (Å²) < 4.78 is 2.07. The van der Waals surface area contributed by atoms with E-state index >= 15 is 0 Å². The summed E-state index contributed by atoms with van der Waals surface area (Å²) in [6.07, 6.45) is 2.42. The Morgan fingerprint density at radius 2 is 2.07 bits per heavy atom. The summed E-state index contributed by atoms with van der Waals surface area (Å²) in [6, 6.07) is 0. The third-order valence-corrected chi connectivity index (χ3v) is 2.86. The van der Waals surface area contributed by atoms with Crippen molar-refractivity contribution in [3.8, 4) is 0 Å². The number of imidazole rings is 1. The number of rotatable bonds is 3. The van der Waals surface area contributed by atoms with Crippen molar-refractivity contribution in [2.45, 2.75) is 32.2 Å². The molecular weight excluding hydrogens is 194 g/mol. The summed E-state index contributed by atoms with van der Waals surface area (Å²) in [5.74, 6) is 0. The third kappa shape index (κ3) is 2.19. The Labute approximate surface area is 89.0 Å². The van der Waals surface area contributed by atoms with Gasteiger partial charge in [0, 0.05) is 32.4 Å². The van der Waals surface area contributed by atoms with Crippen molar-refractivity contribution in [1.82, 2.24) is 14.5 Å². The largest absolute Gasteiger partial charge is 0.389 e. The molecule has 1 saturated heterocycles. The predicted octanol–water partition coefficient (Wildman–Crippen LogP) is -0.560. The monoisotopic (exact) mass is 211 g/mol. The van der Waals surface area contributed by atoms with Crippen LogP contribution in [0.2, 0.25) is 0 Å². The molecule has 1 aliphatic rings. The molecule has 84 valence electrons. The van der Waals surface area contributed by atoms with E-state index in [2.05, 4.69) is 16.5 Å². The molecule has 0 radical (unpaired) electrons. The van der Waals surface area contributed by atoms with Crippen molar-refractivity contribution >= 4 is 0 Å². The molecule has 1 fully saturated rings. The topological polar surface area (TPSA) is 61.5 Å². The Morgan fingerprint density at radius 3 is 2.67 bits per heavy atom. The average Bonchev–Trinajstić information content (AvgIpc) is 2.75. The molecule has 1 aromatic rings. The molecule has 1 aromatic heterocycles. The van der Waals surface area contributed by atoms with Gasteiger partial charge >= 0.3 is 0 Å². The Bertz CT molecular complexity index is 316. The predicted molar refractivity (Wildman–Crippen MR) is 55.2 cm³/mol. The van der Waals surface area contributed by atoms with E-state index in [0.717, 1.165) is 18.8 Å². The van der Waals surface area contributed by atoms with E-state index in [-0.39, 0.29) is 0 Å². The fourth-order valence-corrected chi connectivity index (χ4v) is 1.97. The summed E-state index contributed by atoms with van der Waals surface area (Å²) >= 11 is 0. The van der Waals surface area contributed by atoms with Gasteiger partial charge in [-0.1, -0.05) is 0 Å². The minimum atomic E-state index is -0.608. The normalized spacial score (nSPS) is 27.4. The van der Waals surface area contributed by atoms with Crippen LogP contribution in [-0.4, -0.2) is 50.0 Å². The molecule has 0 amide bonds. The zero-order valence-corrected chi connectivity index (χ0v) is 8.87. The number of nitrogens with zero attached hydrogens (tertiary/aromatic N) is 3. The maximum Gasteiger partial charge on any atom is 0.0948 e. The Morgan fingerprint density at radius 1 is 1.40 bits per heavy atom. The Hall–Kier alpha value is -0.910. The van der Waals surface area contributed by atoms with E-state index in [1.165, 1.54) is 0 Å². The van der Waals surface area contributed by atoms with E-state index in [4.69, 9.17) is 0 Å². The van der Waals surface area contributed by atoms with Gasteiger partial charge in [-0.2, -0.15) is 0 Å². The maximum absolute atomic E-state index is 9.41. The lowest BCUT2D eigenvalue weighted by atomic mass is 10.3. The molecule has 5 nitrogen and oxygen atoms in total. The Kier molecular flexibility index (Phi) is 3.04. The molecule has 0 spiro atoms. The zero-order valence-electron chi connectivity index (χ0n) is 8.87. The van der Waals surface area contributed by atoms with Gasteiger partial charge in [0.15, 0.2) is 0 Å². The van der Waals surface area contributed by atoms with Crippen molar-refractivity contribution < 1.29 is 10.2 Å². The first kappa shape index (κ1) is 10.6.